The average molecular weight is 645 g/mol. The van der Waals surface area contributed by atoms with Crippen LogP contribution in [0.4, 0.5) is 0 Å². The molecule has 0 aromatic rings. The zero-order valence-corrected chi connectivity index (χ0v) is 28.1. The second-order valence-corrected chi connectivity index (χ2v) is 14.8. The van der Waals surface area contributed by atoms with E-state index in [0.29, 0.717) is 10.5 Å². The topological polar surface area (TPSA) is 36.9 Å². The van der Waals surface area contributed by atoms with Gasteiger partial charge in [0.1, 0.15) is 0 Å². The highest BCUT2D eigenvalue weighted by molar-refractivity contribution is 8.06. The van der Waals surface area contributed by atoms with Crippen molar-refractivity contribution < 1.29 is 18.9 Å². The van der Waals surface area contributed by atoms with Crippen molar-refractivity contribution in [3.8, 4) is 0 Å². The van der Waals surface area contributed by atoms with Crippen molar-refractivity contribution in [3.63, 3.8) is 0 Å². The van der Waals surface area contributed by atoms with E-state index >= 15 is 0 Å². The highest BCUT2D eigenvalue weighted by atomic mass is 32.2. The Bertz CT molecular complexity index is 369. The van der Waals surface area contributed by atoms with Crippen molar-refractivity contribution in [1.29, 1.82) is 0 Å². The molecule has 12 heteroatoms. The van der Waals surface area contributed by atoms with Gasteiger partial charge in [-0.05, 0) is 6.42 Å². The number of thiol groups is 3. The van der Waals surface area contributed by atoms with Crippen LogP contribution >= 0.6 is 96.7 Å². The number of rotatable bonds is 30. The third kappa shape index (κ3) is 29.4. The predicted octanol–water partition coefficient (Wildman–Crippen LogP) is 5.66. The molecule has 0 N–H and O–H groups in total. The number of hydrogen-bond donors (Lipinski definition) is 3. The lowest BCUT2D eigenvalue weighted by Crippen LogP contribution is -2.18. The van der Waals surface area contributed by atoms with E-state index in [9.17, 15) is 0 Å². The summed E-state index contributed by atoms with van der Waals surface area (Å²) in [4.78, 5) is 0. The molecule has 0 bridgehead atoms. The lowest BCUT2D eigenvalue weighted by Gasteiger charge is -2.20. The molecule has 0 fully saturated rings. The van der Waals surface area contributed by atoms with E-state index in [1.54, 1.807) is 0 Å². The molecule has 0 saturated carbocycles. The molecule has 0 aliphatic carbocycles. The lowest BCUT2D eigenvalue weighted by molar-refractivity contribution is 0.151. The second-order valence-electron chi connectivity index (χ2n) is 7.29. The minimum Gasteiger partial charge on any atom is -0.381 e. The second kappa shape index (κ2) is 32.8. The first-order chi connectivity index (χ1) is 17.3. The maximum atomic E-state index is 5.64. The highest BCUT2D eigenvalue weighted by Gasteiger charge is 2.14. The van der Waals surface area contributed by atoms with Gasteiger partial charge >= 0.3 is 0 Å². The molecule has 0 rings (SSSR count). The van der Waals surface area contributed by atoms with Crippen LogP contribution < -0.4 is 0 Å². The molecule has 4 nitrogen and oxygen atoms in total. The normalized spacial score (nSPS) is 13.4. The van der Waals surface area contributed by atoms with Gasteiger partial charge in [-0.1, -0.05) is 6.92 Å². The standard InChI is InChI=1S/C23H48O4S8/c1-2-3-24-7-14-31-18-22(34-16-9-26-5-12-29)20-33-21-23(35-17-10-27-6-13-30)19-32-15-8-25-4-11-28/h22-23,28-30H,2-21H2,1H3. The molecule has 0 spiro atoms. The van der Waals surface area contributed by atoms with Crippen molar-refractivity contribution in [2.75, 3.05) is 116 Å². The van der Waals surface area contributed by atoms with Crippen molar-refractivity contribution >= 4 is 96.7 Å². The van der Waals surface area contributed by atoms with Crippen molar-refractivity contribution in [3.05, 3.63) is 0 Å². The molecule has 0 aliphatic rings. The molecule has 0 aromatic heterocycles. The summed E-state index contributed by atoms with van der Waals surface area (Å²) >= 11 is 22.9. The maximum absolute atomic E-state index is 5.64. The van der Waals surface area contributed by atoms with Crippen LogP contribution in [0.1, 0.15) is 13.3 Å². The molecule has 0 aromatic carbocycles. The molecule has 0 heterocycles. The first-order valence-electron chi connectivity index (χ1n) is 12.4. The van der Waals surface area contributed by atoms with Gasteiger partial charge in [-0.3, -0.25) is 0 Å². The van der Waals surface area contributed by atoms with E-state index in [2.05, 4.69) is 68.3 Å². The first kappa shape index (κ1) is 37.6. The summed E-state index contributed by atoms with van der Waals surface area (Å²) in [5.41, 5.74) is 0. The largest absolute Gasteiger partial charge is 0.381 e. The molecular formula is C23H48O4S8. The Morgan fingerprint density at radius 3 is 1.26 bits per heavy atom. The Balaban J connectivity index is 4.38. The van der Waals surface area contributed by atoms with Gasteiger partial charge in [0, 0.05) is 80.4 Å². The number of thioether (sulfide) groups is 5. The van der Waals surface area contributed by atoms with Gasteiger partial charge < -0.3 is 18.9 Å². The fourth-order valence-corrected chi connectivity index (χ4v) is 9.52. The van der Waals surface area contributed by atoms with Gasteiger partial charge in [0.15, 0.2) is 0 Å². The minimum absolute atomic E-state index is 0.633. The van der Waals surface area contributed by atoms with Crippen LogP contribution in [0.25, 0.3) is 0 Å². The average Bonchev–Trinajstić information content (AvgIpc) is 2.87. The molecule has 0 saturated heterocycles. The van der Waals surface area contributed by atoms with Crippen LogP contribution in [0.2, 0.25) is 0 Å². The quantitative estimate of drug-likeness (QED) is 0.0679. The fraction of sp³-hybridized carbons (Fsp3) is 1.00. The Labute approximate surface area is 253 Å². The molecule has 0 amide bonds. The number of hydrogen-bond acceptors (Lipinski definition) is 12. The molecule has 0 aliphatic heterocycles. The van der Waals surface area contributed by atoms with Crippen LogP contribution in [0.5, 0.6) is 0 Å². The molecule has 0 radical (unpaired) electrons. The Morgan fingerprint density at radius 1 is 0.486 bits per heavy atom. The van der Waals surface area contributed by atoms with E-state index in [1.807, 2.05) is 35.3 Å². The van der Waals surface area contributed by atoms with Crippen molar-refractivity contribution in [1.82, 2.24) is 0 Å². The highest BCUT2D eigenvalue weighted by Crippen LogP contribution is 2.25. The maximum Gasteiger partial charge on any atom is 0.0557 e. The van der Waals surface area contributed by atoms with Gasteiger partial charge in [0.2, 0.25) is 0 Å². The van der Waals surface area contributed by atoms with Gasteiger partial charge in [-0.15, -0.1) is 0 Å². The summed E-state index contributed by atoms with van der Waals surface area (Å²) in [6, 6.07) is 0. The SMILES string of the molecule is CCCOCCSCC(CSCC(CSCCOCCS)SCCOCCS)SCCOCCS. The van der Waals surface area contributed by atoms with E-state index < -0.39 is 0 Å². The van der Waals surface area contributed by atoms with E-state index in [4.69, 9.17) is 18.9 Å². The van der Waals surface area contributed by atoms with Crippen molar-refractivity contribution in [2.45, 2.75) is 23.8 Å². The third-order valence-electron chi connectivity index (χ3n) is 4.18. The predicted molar refractivity (Wildman–Crippen MR) is 180 cm³/mol. The summed E-state index contributed by atoms with van der Waals surface area (Å²) in [6.45, 7) is 8.53. The molecule has 35 heavy (non-hydrogen) atoms. The van der Waals surface area contributed by atoms with Gasteiger partial charge in [-0.2, -0.15) is 96.7 Å². The Morgan fingerprint density at radius 2 is 0.857 bits per heavy atom. The summed E-state index contributed by atoms with van der Waals surface area (Å²) in [6.07, 6.45) is 1.09. The van der Waals surface area contributed by atoms with Crippen LogP contribution in [0.15, 0.2) is 0 Å². The van der Waals surface area contributed by atoms with E-state index in [0.717, 1.165) is 105 Å². The third-order valence-corrected chi connectivity index (χ3v) is 11.4. The van der Waals surface area contributed by atoms with Gasteiger partial charge in [-0.25, -0.2) is 0 Å². The van der Waals surface area contributed by atoms with Crippen LogP contribution in [-0.4, -0.2) is 127 Å². The molecule has 212 valence electrons. The monoisotopic (exact) mass is 644 g/mol. The molecule has 2 unspecified atom stereocenters. The van der Waals surface area contributed by atoms with Gasteiger partial charge in [0.05, 0.1) is 46.2 Å². The fourth-order valence-electron chi connectivity index (χ4n) is 2.58. The first-order valence-corrected chi connectivity index (χ1v) is 19.8. The summed E-state index contributed by atoms with van der Waals surface area (Å²) in [5, 5.41) is 1.27. The Hall–Kier alpha value is 2.64. The summed E-state index contributed by atoms with van der Waals surface area (Å²) in [7, 11) is 0. The molecule has 2 atom stereocenters. The summed E-state index contributed by atoms with van der Waals surface area (Å²) < 4.78 is 22.5. The zero-order valence-electron chi connectivity index (χ0n) is 21.3. The smallest absolute Gasteiger partial charge is 0.0557 e. The number of ether oxygens (including phenoxy) is 4. The Kier molecular flexibility index (Phi) is 35.3. The molecular weight excluding hydrogens is 597 g/mol. The lowest BCUT2D eigenvalue weighted by atomic mass is 10.5. The van der Waals surface area contributed by atoms with Crippen molar-refractivity contribution in [2.24, 2.45) is 0 Å². The van der Waals surface area contributed by atoms with Gasteiger partial charge in [0.25, 0.3) is 0 Å². The van der Waals surface area contributed by atoms with Crippen LogP contribution in [0, 0.1) is 0 Å². The zero-order chi connectivity index (χ0) is 25.7. The van der Waals surface area contributed by atoms with E-state index in [1.165, 1.54) is 17.3 Å². The van der Waals surface area contributed by atoms with Crippen LogP contribution in [0.3, 0.4) is 0 Å². The minimum atomic E-state index is 0.633. The van der Waals surface area contributed by atoms with Crippen LogP contribution in [-0.2, 0) is 18.9 Å². The van der Waals surface area contributed by atoms with E-state index in [-0.39, 0.29) is 0 Å². The summed E-state index contributed by atoms with van der Waals surface area (Å²) in [5.74, 6) is 11.3.